The molecule has 24 heavy (non-hydrogen) atoms. The Bertz CT molecular complexity index is 918. The first kappa shape index (κ1) is 15.7. The van der Waals surface area contributed by atoms with Crippen LogP contribution in [0, 0.1) is 11.3 Å². The molecule has 0 aromatic heterocycles. The van der Waals surface area contributed by atoms with Crippen molar-refractivity contribution >= 4 is 35.0 Å². The number of hydrogen-bond acceptors (Lipinski definition) is 4. The van der Waals surface area contributed by atoms with E-state index >= 15 is 0 Å². The van der Waals surface area contributed by atoms with Crippen molar-refractivity contribution in [2.45, 2.75) is 0 Å². The van der Waals surface area contributed by atoms with E-state index in [9.17, 15) is 14.4 Å². The Morgan fingerprint density at radius 1 is 1.12 bits per heavy atom. The van der Waals surface area contributed by atoms with Crippen molar-refractivity contribution < 1.29 is 14.4 Å². The molecule has 1 heterocycles. The summed E-state index contributed by atoms with van der Waals surface area (Å²) in [7, 11) is 0. The SMILES string of the molecule is N#Cc1ccccc1NC(=O)CN1C(=O)c2ccc(Cl)cc2C1=O. The second-order valence-corrected chi connectivity index (χ2v) is 5.53. The van der Waals surface area contributed by atoms with E-state index in [-0.39, 0.29) is 11.1 Å². The first-order valence-electron chi connectivity index (χ1n) is 6.96. The fourth-order valence-corrected chi connectivity index (χ4v) is 2.60. The minimum Gasteiger partial charge on any atom is -0.323 e. The van der Waals surface area contributed by atoms with Gasteiger partial charge in [-0.2, -0.15) is 5.26 Å². The molecule has 1 N–H and O–H groups in total. The van der Waals surface area contributed by atoms with Crippen molar-refractivity contribution in [1.82, 2.24) is 4.90 Å². The molecule has 7 heteroatoms. The van der Waals surface area contributed by atoms with Crippen LogP contribution >= 0.6 is 11.6 Å². The maximum Gasteiger partial charge on any atom is 0.262 e. The van der Waals surface area contributed by atoms with Crippen LogP contribution in [-0.4, -0.2) is 29.2 Å². The van der Waals surface area contributed by atoms with Crippen molar-refractivity contribution in [2.75, 3.05) is 11.9 Å². The summed E-state index contributed by atoms with van der Waals surface area (Å²) in [6, 6.07) is 12.8. The van der Waals surface area contributed by atoms with Crippen LogP contribution in [0.2, 0.25) is 5.02 Å². The fourth-order valence-electron chi connectivity index (χ4n) is 2.43. The van der Waals surface area contributed by atoms with Crippen LogP contribution in [0.4, 0.5) is 5.69 Å². The number of benzene rings is 2. The number of hydrogen-bond donors (Lipinski definition) is 1. The van der Waals surface area contributed by atoms with Gasteiger partial charge in [0.2, 0.25) is 5.91 Å². The van der Waals surface area contributed by atoms with E-state index in [1.165, 1.54) is 18.2 Å². The summed E-state index contributed by atoms with van der Waals surface area (Å²) in [6.07, 6.45) is 0. The van der Waals surface area contributed by atoms with Gasteiger partial charge in [0.15, 0.2) is 0 Å². The van der Waals surface area contributed by atoms with E-state index in [0.29, 0.717) is 16.3 Å². The molecule has 0 atom stereocenters. The molecule has 2 aromatic carbocycles. The number of carbonyl (C=O) groups excluding carboxylic acids is 3. The predicted octanol–water partition coefficient (Wildman–Crippen LogP) is 2.45. The number of nitrogens with one attached hydrogen (secondary N) is 1. The molecule has 1 aliphatic heterocycles. The third-order valence-corrected chi connectivity index (χ3v) is 3.79. The van der Waals surface area contributed by atoms with Gasteiger partial charge in [0.1, 0.15) is 12.6 Å². The topological polar surface area (TPSA) is 90.3 Å². The number of anilines is 1. The molecule has 3 rings (SSSR count). The van der Waals surface area contributed by atoms with Crippen LogP contribution in [0.25, 0.3) is 0 Å². The number of rotatable bonds is 3. The lowest BCUT2D eigenvalue weighted by molar-refractivity contribution is -0.116. The Kier molecular flexibility index (Phi) is 4.02. The molecule has 0 radical (unpaired) electrons. The number of para-hydroxylation sites is 1. The van der Waals surface area contributed by atoms with Crippen molar-refractivity contribution in [3.05, 3.63) is 64.2 Å². The van der Waals surface area contributed by atoms with Gasteiger partial charge in [0.25, 0.3) is 11.8 Å². The highest BCUT2D eigenvalue weighted by atomic mass is 35.5. The van der Waals surface area contributed by atoms with Crippen LogP contribution < -0.4 is 5.32 Å². The second kappa shape index (κ2) is 6.14. The number of carbonyl (C=O) groups is 3. The zero-order chi connectivity index (χ0) is 17.3. The lowest BCUT2D eigenvalue weighted by Crippen LogP contribution is -2.37. The van der Waals surface area contributed by atoms with Crippen LogP contribution in [-0.2, 0) is 4.79 Å². The van der Waals surface area contributed by atoms with Gasteiger partial charge in [0, 0.05) is 5.02 Å². The minimum absolute atomic E-state index is 0.178. The molecule has 3 amide bonds. The van der Waals surface area contributed by atoms with E-state index in [4.69, 9.17) is 16.9 Å². The lowest BCUT2D eigenvalue weighted by atomic mass is 10.1. The van der Waals surface area contributed by atoms with Crippen molar-refractivity contribution in [3.63, 3.8) is 0 Å². The number of amides is 3. The number of halogens is 1. The first-order chi connectivity index (χ1) is 11.5. The van der Waals surface area contributed by atoms with Crippen molar-refractivity contribution in [3.8, 4) is 6.07 Å². The van der Waals surface area contributed by atoms with Crippen LogP contribution in [0.1, 0.15) is 26.3 Å². The number of nitrogens with zero attached hydrogens (tertiary/aromatic N) is 2. The summed E-state index contributed by atoms with van der Waals surface area (Å²) in [5.74, 6) is -1.69. The number of nitriles is 1. The summed E-state index contributed by atoms with van der Waals surface area (Å²) < 4.78 is 0. The van der Waals surface area contributed by atoms with Gasteiger partial charge in [-0.15, -0.1) is 0 Å². The summed E-state index contributed by atoms with van der Waals surface area (Å²) in [5, 5.41) is 11.9. The van der Waals surface area contributed by atoms with Crippen molar-refractivity contribution in [2.24, 2.45) is 0 Å². The van der Waals surface area contributed by atoms with Crippen LogP contribution in [0.5, 0.6) is 0 Å². The summed E-state index contributed by atoms with van der Waals surface area (Å²) in [6.45, 7) is -0.441. The van der Waals surface area contributed by atoms with Gasteiger partial charge < -0.3 is 5.32 Å². The average Bonchev–Trinajstić information content (AvgIpc) is 2.80. The Hall–Kier alpha value is -3.17. The molecule has 6 nitrogen and oxygen atoms in total. The largest absolute Gasteiger partial charge is 0.323 e. The third-order valence-electron chi connectivity index (χ3n) is 3.56. The number of fused-ring (bicyclic) bond motifs is 1. The van der Waals surface area contributed by atoms with Gasteiger partial charge in [0.05, 0.1) is 22.4 Å². The summed E-state index contributed by atoms with van der Waals surface area (Å²) >= 11 is 5.84. The van der Waals surface area contributed by atoms with Gasteiger partial charge >= 0.3 is 0 Å². The van der Waals surface area contributed by atoms with Crippen LogP contribution in [0.15, 0.2) is 42.5 Å². The summed E-state index contributed by atoms with van der Waals surface area (Å²) in [4.78, 5) is 37.5. The minimum atomic E-state index is -0.571. The third kappa shape index (κ3) is 2.73. The van der Waals surface area contributed by atoms with Gasteiger partial charge in [-0.25, -0.2) is 0 Å². The monoisotopic (exact) mass is 339 g/mol. The van der Waals surface area contributed by atoms with E-state index in [1.807, 2.05) is 6.07 Å². The van der Waals surface area contributed by atoms with E-state index in [2.05, 4.69) is 5.32 Å². The molecule has 0 fully saturated rings. The average molecular weight is 340 g/mol. The Morgan fingerprint density at radius 2 is 1.83 bits per heavy atom. The maximum atomic E-state index is 12.3. The molecule has 1 aliphatic rings. The van der Waals surface area contributed by atoms with E-state index < -0.39 is 24.3 Å². The normalized spacial score (nSPS) is 12.8. The molecule has 0 saturated carbocycles. The quantitative estimate of drug-likeness (QED) is 0.870. The molecule has 2 aromatic rings. The molecular weight excluding hydrogens is 330 g/mol. The highest BCUT2D eigenvalue weighted by Crippen LogP contribution is 2.25. The van der Waals surface area contributed by atoms with E-state index in [0.717, 1.165) is 4.90 Å². The maximum absolute atomic E-state index is 12.3. The molecular formula is C17H10ClN3O3. The van der Waals surface area contributed by atoms with Crippen molar-refractivity contribution in [1.29, 1.82) is 5.26 Å². The van der Waals surface area contributed by atoms with Gasteiger partial charge in [-0.05, 0) is 30.3 Å². The molecule has 0 spiro atoms. The Labute approximate surface area is 142 Å². The molecule has 0 aliphatic carbocycles. The predicted molar refractivity (Wildman–Crippen MR) is 86.6 cm³/mol. The highest BCUT2D eigenvalue weighted by molar-refractivity contribution is 6.32. The van der Waals surface area contributed by atoms with E-state index in [1.54, 1.807) is 24.3 Å². The standard InChI is InChI=1S/C17H10ClN3O3/c18-11-5-6-12-13(7-11)17(24)21(16(12)23)9-15(22)20-14-4-2-1-3-10(14)8-19/h1-7H,9H2,(H,20,22). The molecule has 118 valence electrons. The Balaban J connectivity index is 1.78. The van der Waals surface area contributed by atoms with Gasteiger partial charge in [-0.3, -0.25) is 19.3 Å². The van der Waals surface area contributed by atoms with Gasteiger partial charge in [-0.1, -0.05) is 23.7 Å². The second-order valence-electron chi connectivity index (χ2n) is 5.09. The lowest BCUT2D eigenvalue weighted by Gasteiger charge is -2.14. The first-order valence-corrected chi connectivity index (χ1v) is 7.34. The summed E-state index contributed by atoms with van der Waals surface area (Å²) in [5.41, 5.74) is 1.01. The zero-order valence-corrected chi connectivity index (χ0v) is 13.0. The highest BCUT2D eigenvalue weighted by Gasteiger charge is 2.36. The zero-order valence-electron chi connectivity index (χ0n) is 12.2. The molecule has 0 unspecified atom stereocenters. The molecule has 0 saturated heterocycles. The number of imide groups is 1. The molecule has 0 bridgehead atoms. The van der Waals surface area contributed by atoms with Crippen LogP contribution in [0.3, 0.4) is 0 Å². The smallest absolute Gasteiger partial charge is 0.262 e. The Morgan fingerprint density at radius 3 is 2.58 bits per heavy atom. The fraction of sp³-hybridized carbons (Fsp3) is 0.0588.